The minimum atomic E-state index is -0.864. The van der Waals surface area contributed by atoms with Crippen molar-refractivity contribution in [3.05, 3.63) is 48.6 Å². The smallest absolute Gasteiger partial charge is 0.305 e. The Morgan fingerprint density at radius 1 is 0.400 bits per heavy atom. The molecule has 0 aliphatic heterocycles. The number of esters is 1. The van der Waals surface area contributed by atoms with Crippen molar-refractivity contribution in [2.24, 2.45) is 0 Å². The first-order valence-electron chi connectivity index (χ1n) is 30.9. The molecule has 0 rings (SSSR count). The number of hydrogen-bond acceptors (Lipinski definition) is 5. The Morgan fingerprint density at radius 3 is 1.11 bits per heavy atom. The minimum Gasteiger partial charge on any atom is -0.466 e. The fourth-order valence-corrected chi connectivity index (χ4v) is 9.31. The summed E-state index contributed by atoms with van der Waals surface area (Å²) in [5.41, 5.74) is 0. The van der Waals surface area contributed by atoms with Gasteiger partial charge in [0.15, 0.2) is 0 Å². The van der Waals surface area contributed by atoms with Crippen LogP contribution in [0, 0.1) is 0 Å². The molecule has 0 bridgehead atoms. The van der Waals surface area contributed by atoms with Crippen molar-refractivity contribution < 1.29 is 24.5 Å². The molecule has 1 amide bonds. The van der Waals surface area contributed by atoms with E-state index >= 15 is 0 Å². The topological polar surface area (TPSA) is 95.9 Å². The molecular formula is C64H119NO5. The Labute approximate surface area is 436 Å². The largest absolute Gasteiger partial charge is 0.466 e. The number of amides is 1. The summed E-state index contributed by atoms with van der Waals surface area (Å²) in [5.74, 6) is -0.130. The summed E-state index contributed by atoms with van der Waals surface area (Å²) in [7, 11) is 0. The van der Waals surface area contributed by atoms with Crippen LogP contribution < -0.4 is 5.32 Å². The third-order valence-corrected chi connectivity index (χ3v) is 14.1. The van der Waals surface area contributed by atoms with Gasteiger partial charge in [0.2, 0.25) is 5.91 Å². The average Bonchev–Trinajstić information content (AvgIpc) is 3.36. The molecule has 0 fully saturated rings. The van der Waals surface area contributed by atoms with Gasteiger partial charge in [-0.1, -0.05) is 262 Å². The number of rotatable bonds is 57. The molecule has 70 heavy (non-hydrogen) atoms. The van der Waals surface area contributed by atoms with E-state index in [1.165, 1.54) is 193 Å². The number of allylic oxidation sites excluding steroid dienone is 7. The van der Waals surface area contributed by atoms with Crippen LogP contribution in [-0.2, 0) is 14.3 Å². The minimum absolute atomic E-state index is 0.0376. The van der Waals surface area contributed by atoms with Crippen molar-refractivity contribution in [1.29, 1.82) is 0 Å². The first kappa shape index (κ1) is 67.8. The normalized spacial score (nSPS) is 12.9. The summed E-state index contributed by atoms with van der Waals surface area (Å²) in [6.45, 7) is 4.83. The van der Waals surface area contributed by atoms with Gasteiger partial charge in [-0.15, -0.1) is 0 Å². The van der Waals surface area contributed by atoms with Crippen LogP contribution >= 0.6 is 0 Å². The van der Waals surface area contributed by atoms with Crippen LogP contribution in [0.15, 0.2) is 48.6 Å². The second kappa shape index (κ2) is 59.4. The summed E-state index contributed by atoms with van der Waals surface area (Å²) in [4.78, 5) is 24.6. The number of ether oxygens (including phenoxy) is 1. The van der Waals surface area contributed by atoms with Gasteiger partial charge in [0.1, 0.15) is 0 Å². The predicted octanol–water partition coefficient (Wildman–Crippen LogP) is 19.4. The first-order chi connectivity index (χ1) is 34.5. The average molecular weight is 983 g/mol. The zero-order valence-corrected chi connectivity index (χ0v) is 46.7. The van der Waals surface area contributed by atoms with Crippen molar-refractivity contribution in [3.63, 3.8) is 0 Å². The molecule has 0 aromatic rings. The fraction of sp³-hybridized carbons (Fsp3) is 0.844. The van der Waals surface area contributed by atoms with Gasteiger partial charge >= 0.3 is 5.97 Å². The lowest BCUT2D eigenvalue weighted by Crippen LogP contribution is -2.45. The number of unbranched alkanes of at least 4 members (excludes halogenated alkanes) is 40. The van der Waals surface area contributed by atoms with Crippen molar-refractivity contribution in [1.82, 2.24) is 5.32 Å². The highest BCUT2D eigenvalue weighted by atomic mass is 16.5. The quantitative estimate of drug-likeness (QED) is 0.0321. The maximum absolute atomic E-state index is 12.5. The van der Waals surface area contributed by atoms with Crippen LogP contribution in [-0.4, -0.2) is 47.4 Å². The molecule has 2 unspecified atom stereocenters. The summed E-state index contributed by atoms with van der Waals surface area (Å²) in [6.07, 6.45) is 75.7. The predicted molar refractivity (Wildman–Crippen MR) is 306 cm³/mol. The molecule has 3 N–H and O–H groups in total. The number of aliphatic hydroxyl groups excluding tert-OH is 2. The summed E-state index contributed by atoms with van der Waals surface area (Å²) < 4.78 is 5.45. The SMILES string of the molecule is CCCCCC/C=C\C/C=C\CCCCCCCC(=O)OCCCCC/C=C\CCCCCCCC(=O)NC(CO)C(O)/C=C/CCCCCCCCCCCCCCCCCCCCCCCCC. The summed E-state index contributed by atoms with van der Waals surface area (Å²) >= 11 is 0. The van der Waals surface area contributed by atoms with Gasteiger partial charge in [0.25, 0.3) is 0 Å². The molecule has 0 aromatic heterocycles. The molecular weight excluding hydrogens is 863 g/mol. The first-order valence-corrected chi connectivity index (χ1v) is 30.9. The van der Waals surface area contributed by atoms with E-state index in [0.29, 0.717) is 19.4 Å². The van der Waals surface area contributed by atoms with E-state index in [4.69, 9.17) is 4.74 Å². The Hall–Kier alpha value is -2.18. The van der Waals surface area contributed by atoms with Gasteiger partial charge in [-0.3, -0.25) is 9.59 Å². The lowest BCUT2D eigenvalue weighted by molar-refractivity contribution is -0.143. The molecule has 0 saturated carbocycles. The molecule has 2 atom stereocenters. The molecule has 6 nitrogen and oxygen atoms in total. The zero-order valence-electron chi connectivity index (χ0n) is 46.7. The number of nitrogens with one attached hydrogen (secondary N) is 1. The van der Waals surface area contributed by atoms with Gasteiger partial charge in [-0.25, -0.2) is 0 Å². The second-order valence-electron chi connectivity index (χ2n) is 21.0. The van der Waals surface area contributed by atoms with Gasteiger partial charge in [-0.2, -0.15) is 0 Å². The lowest BCUT2D eigenvalue weighted by atomic mass is 10.0. The molecule has 0 aromatic carbocycles. The number of carbonyl (C=O) groups excluding carboxylic acids is 2. The molecule has 0 saturated heterocycles. The van der Waals surface area contributed by atoms with Crippen LogP contribution in [0.5, 0.6) is 0 Å². The molecule has 0 heterocycles. The summed E-state index contributed by atoms with van der Waals surface area (Å²) in [5, 5.41) is 23.2. The monoisotopic (exact) mass is 982 g/mol. The number of hydrogen-bond donors (Lipinski definition) is 3. The van der Waals surface area contributed by atoms with Crippen LogP contribution in [0.25, 0.3) is 0 Å². The number of aliphatic hydroxyl groups is 2. The highest BCUT2D eigenvalue weighted by Crippen LogP contribution is 2.17. The van der Waals surface area contributed by atoms with Crippen LogP contribution in [0.1, 0.15) is 322 Å². The Morgan fingerprint density at radius 2 is 0.714 bits per heavy atom. The van der Waals surface area contributed by atoms with Gasteiger partial charge in [-0.05, 0) is 96.3 Å². The van der Waals surface area contributed by atoms with Crippen molar-refractivity contribution >= 4 is 11.9 Å². The van der Waals surface area contributed by atoms with E-state index in [2.05, 4.69) is 55.6 Å². The van der Waals surface area contributed by atoms with Gasteiger partial charge < -0.3 is 20.3 Å². The van der Waals surface area contributed by atoms with E-state index in [0.717, 1.165) is 103 Å². The number of carbonyl (C=O) groups is 2. The molecule has 0 spiro atoms. The van der Waals surface area contributed by atoms with Crippen molar-refractivity contribution in [2.75, 3.05) is 13.2 Å². The Balaban J connectivity index is 3.53. The molecule has 0 radical (unpaired) electrons. The van der Waals surface area contributed by atoms with Crippen LogP contribution in [0.3, 0.4) is 0 Å². The Bertz CT molecular complexity index is 1180. The molecule has 0 aliphatic carbocycles. The van der Waals surface area contributed by atoms with Gasteiger partial charge in [0.05, 0.1) is 25.4 Å². The van der Waals surface area contributed by atoms with E-state index in [1.54, 1.807) is 6.08 Å². The van der Waals surface area contributed by atoms with E-state index < -0.39 is 12.1 Å². The zero-order chi connectivity index (χ0) is 50.7. The molecule has 410 valence electrons. The van der Waals surface area contributed by atoms with E-state index in [1.807, 2.05) is 6.08 Å². The molecule has 6 heteroatoms. The maximum Gasteiger partial charge on any atom is 0.305 e. The maximum atomic E-state index is 12.5. The van der Waals surface area contributed by atoms with Crippen LogP contribution in [0.2, 0.25) is 0 Å². The highest BCUT2D eigenvalue weighted by Gasteiger charge is 2.18. The standard InChI is InChI=1S/C64H119NO5/c1-3-5-7-9-11-13-15-17-19-21-22-23-24-25-26-27-28-29-30-32-36-40-44-48-52-56-62(67)61(60-66)65-63(68)57-53-49-45-41-37-34-35-39-43-47-51-55-59-70-64(69)58-54-50-46-42-38-33-31-20-18-16-14-12-10-8-6-4-2/h14,16,20,31,35,39,52,56,61-62,66-67H,3-13,15,17-19,21-30,32-34,36-38,40-51,53-55,57-60H2,1-2H3,(H,65,68)/b16-14-,31-20-,39-35-,56-52+. The highest BCUT2D eigenvalue weighted by molar-refractivity contribution is 5.76. The van der Waals surface area contributed by atoms with Crippen molar-refractivity contribution in [3.8, 4) is 0 Å². The summed E-state index contributed by atoms with van der Waals surface area (Å²) in [6, 6.07) is -0.650. The third-order valence-electron chi connectivity index (χ3n) is 14.1. The second-order valence-corrected chi connectivity index (χ2v) is 21.0. The Kier molecular flexibility index (Phi) is 57.5. The van der Waals surface area contributed by atoms with Crippen molar-refractivity contribution in [2.45, 2.75) is 334 Å². The molecule has 0 aliphatic rings. The van der Waals surface area contributed by atoms with Crippen LogP contribution in [0.4, 0.5) is 0 Å². The fourth-order valence-electron chi connectivity index (χ4n) is 9.31. The lowest BCUT2D eigenvalue weighted by Gasteiger charge is -2.20. The van der Waals surface area contributed by atoms with E-state index in [-0.39, 0.29) is 18.5 Å². The van der Waals surface area contributed by atoms with Gasteiger partial charge in [0, 0.05) is 12.8 Å². The van der Waals surface area contributed by atoms with E-state index in [9.17, 15) is 19.8 Å². The third kappa shape index (κ3) is 55.1.